The van der Waals surface area contributed by atoms with Gasteiger partial charge < -0.3 is 9.88 Å². The summed E-state index contributed by atoms with van der Waals surface area (Å²) in [5.74, 6) is 0. The summed E-state index contributed by atoms with van der Waals surface area (Å²) < 4.78 is 2.06. The van der Waals surface area contributed by atoms with Crippen molar-refractivity contribution in [1.29, 1.82) is 0 Å². The molecule has 3 nitrogen and oxygen atoms in total. The molecule has 1 atom stereocenters. The third-order valence-corrected chi connectivity index (χ3v) is 4.53. The first-order valence-corrected chi connectivity index (χ1v) is 7.43. The molecule has 0 amide bonds. The number of imidazole rings is 1. The van der Waals surface area contributed by atoms with Crippen LogP contribution in [0.15, 0.2) is 12.5 Å². The van der Waals surface area contributed by atoms with Crippen molar-refractivity contribution in [2.45, 2.75) is 58.4 Å². The Balaban J connectivity index is 2.23. The maximum Gasteiger partial charge on any atom is 0.0947 e. The Kier molecular flexibility index (Phi) is 4.44. The van der Waals surface area contributed by atoms with Crippen LogP contribution in [0, 0.1) is 5.41 Å². The molecule has 1 aliphatic rings. The van der Waals surface area contributed by atoms with Gasteiger partial charge in [0.05, 0.1) is 18.1 Å². The summed E-state index contributed by atoms with van der Waals surface area (Å²) in [5.41, 5.74) is 1.67. The van der Waals surface area contributed by atoms with Gasteiger partial charge in [-0.3, -0.25) is 0 Å². The average Bonchev–Trinajstić information content (AvgIpc) is 3.00. The van der Waals surface area contributed by atoms with Gasteiger partial charge in [-0.25, -0.2) is 4.98 Å². The number of aromatic nitrogens is 2. The monoisotopic (exact) mass is 249 g/mol. The molecule has 2 rings (SSSR count). The van der Waals surface area contributed by atoms with Crippen LogP contribution in [0.25, 0.3) is 0 Å². The van der Waals surface area contributed by atoms with Gasteiger partial charge in [-0.1, -0.05) is 26.7 Å². The molecule has 1 heterocycles. The SMILES string of the molecule is CCCNC(c1cn(C)cn1)C1(CC)CCCC1. The molecule has 3 heteroatoms. The number of hydrogen-bond donors (Lipinski definition) is 1. The number of hydrogen-bond acceptors (Lipinski definition) is 2. The predicted molar refractivity (Wildman–Crippen MR) is 75.4 cm³/mol. The van der Waals surface area contributed by atoms with E-state index < -0.39 is 0 Å². The Hall–Kier alpha value is -0.830. The summed E-state index contributed by atoms with van der Waals surface area (Å²) in [7, 11) is 2.06. The molecular formula is C15H27N3. The molecule has 1 fully saturated rings. The van der Waals surface area contributed by atoms with Gasteiger partial charge >= 0.3 is 0 Å². The maximum absolute atomic E-state index is 4.61. The lowest BCUT2D eigenvalue weighted by Crippen LogP contribution is -2.37. The van der Waals surface area contributed by atoms with Gasteiger partial charge in [0.2, 0.25) is 0 Å². The second kappa shape index (κ2) is 5.87. The van der Waals surface area contributed by atoms with Gasteiger partial charge in [0, 0.05) is 13.2 Å². The summed E-state index contributed by atoms with van der Waals surface area (Å²) in [6.07, 6.45) is 12.0. The standard InChI is InChI=1S/C15H27N3/c1-4-10-16-14(13-11-18(3)12-17-13)15(5-2)8-6-7-9-15/h11-12,14,16H,4-10H2,1-3H3. The van der Waals surface area contributed by atoms with Crippen molar-refractivity contribution in [3.63, 3.8) is 0 Å². The van der Waals surface area contributed by atoms with E-state index in [9.17, 15) is 0 Å². The minimum absolute atomic E-state index is 0.434. The van der Waals surface area contributed by atoms with Crippen molar-refractivity contribution < 1.29 is 0 Å². The van der Waals surface area contributed by atoms with Crippen LogP contribution in [0.5, 0.6) is 0 Å². The van der Waals surface area contributed by atoms with Gasteiger partial charge in [0.25, 0.3) is 0 Å². The second-order valence-electron chi connectivity index (χ2n) is 5.77. The van der Waals surface area contributed by atoms with E-state index in [1.807, 2.05) is 6.33 Å². The van der Waals surface area contributed by atoms with Crippen LogP contribution in [0.2, 0.25) is 0 Å². The van der Waals surface area contributed by atoms with Crippen LogP contribution in [0.3, 0.4) is 0 Å². The Bertz CT molecular complexity index is 364. The molecule has 0 spiro atoms. The van der Waals surface area contributed by atoms with E-state index in [-0.39, 0.29) is 0 Å². The summed E-state index contributed by atoms with van der Waals surface area (Å²) in [6, 6.07) is 0.436. The lowest BCUT2D eigenvalue weighted by Gasteiger charge is -2.36. The molecule has 0 aliphatic heterocycles. The first-order valence-electron chi connectivity index (χ1n) is 7.43. The van der Waals surface area contributed by atoms with Crippen molar-refractivity contribution in [2.24, 2.45) is 12.5 Å². The van der Waals surface area contributed by atoms with Crippen LogP contribution in [-0.2, 0) is 7.05 Å². The van der Waals surface area contributed by atoms with E-state index in [2.05, 4.69) is 42.0 Å². The van der Waals surface area contributed by atoms with Gasteiger partial charge in [-0.2, -0.15) is 0 Å². The molecule has 0 saturated heterocycles. The summed E-state index contributed by atoms with van der Waals surface area (Å²) in [4.78, 5) is 4.61. The molecule has 102 valence electrons. The summed E-state index contributed by atoms with van der Waals surface area (Å²) in [6.45, 7) is 5.66. The minimum Gasteiger partial charge on any atom is -0.340 e. The topological polar surface area (TPSA) is 29.9 Å². The van der Waals surface area contributed by atoms with Gasteiger partial charge in [-0.15, -0.1) is 0 Å². The first-order chi connectivity index (χ1) is 8.72. The fraction of sp³-hybridized carbons (Fsp3) is 0.800. The van der Waals surface area contributed by atoms with Gasteiger partial charge in [0.15, 0.2) is 0 Å². The lowest BCUT2D eigenvalue weighted by molar-refractivity contribution is 0.184. The Labute approximate surface area is 111 Å². The van der Waals surface area contributed by atoms with Crippen molar-refractivity contribution in [1.82, 2.24) is 14.9 Å². The lowest BCUT2D eigenvalue weighted by atomic mass is 9.75. The summed E-state index contributed by atoms with van der Waals surface area (Å²) >= 11 is 0. The Morgan fingerprint density at radius 1 is 1.39 bits per heavy atom. The number of rotatable bonds is 6. The quantitative estimate of drug-likeness (QED) is 0.837. The Morgan fingerprint density at radius 2 is 2.11 bits per heavy atom. The molecule has 1 saturated carbocycles. The summed E-state index contributed by atoms with van der Waals surface area (Å²) in [5, 5.41) is 3.76. The van der Waals surface area contributed by atoms with Crippen molar-refractivity contribution in [2.75, 3.05) is 6.54 Å². The molecule has 1 N–H and O–H groups in total. The molecular weight excluding hydrogens is 222 g/mol. The molecule has 1 aromatic rings. The number of aryl methyl sites for hydroxylation is 1. The largest absolute Gasteiger partial charge is 0.340 e. The van der Waals surface area contributed by atoms with E-state index in [1.165, 1.54) is 44.2 Å². The van der Waals surface area contributed by atoms with Gasteiger partial charge in [0.1, 0.15) is 0 Å². The molecule has 18 heavy (non-hydrogen) atoms. The highest BCUT2D eigenvalue weighted by molar-refractivity contribution is 5.11. The fourth-order valence-electron chi connectivity index (χ4n) is 3.43. The van der Waals surface area contributed by atoms with Crippen molar-refractivity contribution in [3.8, 4) is 0 Å². The van der Waals surface area contributed by atoms with Crippen molar-refractivity contribution >= 4 is 0 Å². The third kappa shape index (κ3) is 2.61. The molecule has 1 aliphatic carbocycles. The third-order valence-electron chi connectivity index (χ3n) is 4.53. The van der Waals surface area contributed by atoms with E-state index in [0.29, 0.717) is 11.5 Å². The van der Waals surface area contributed by atoms with E-state index >= 15 is 0 Å². The van der Waals surface area contributed by atoms with E-state index in [0.717, 1.165) is 6.54 Å². The zero-order valence-corrected chi connectivity index (χ0v) is 12.1. The number of nitrogens with one attached hydrogen (secondary N) is 1. The number of nitrogens with zero attached hydrogens (tertiary/aromatic N) is 2. The highest BCUT2D eigenvalue weighted by atomic mass is 15.0. The molecule has 1 aromatic heterocycles. The maximum atomic E-state index is 4.61. The molecule has 0 radical (unpaired) electrons. The van der Waals surface area contributed by atoms with E-state index in [1.54, 1.807) is 0 Å². The highest BCUT2D eigenvalue weighted by Gasteiger charge is 2.41. The fourth-order valence-corrected chi connectivity index (χ4v) is 3.43. The van der Waals surface area contributed by atoms with Crippen LogP contribution in [0.4, 0.5) is 0 Å². The predicted octanol–water partition coefficient (Wildman–Crippen LogP) is 3.43. The van der Waals surface area contributed by atoms with Gasteiger partial charge in [-0.05, 0) is 37.6 Å². The molecule has 1 unspecified atom stereocenters. The van der Waals surface area contributed by atoms with Crippen LogP contribution >= 0.6 is 0 Å². The average molecular weight is 249 g/mol. The zero-order chi connectivity index (χ0) is 13.0. The van der Waals surface area contributed by atoms with Crippen LogP contribution in [-0.4, -0.2) is 16.1 Å². The second-order valence-corrected chi connectivity index (χ2v) is 5.77. The zero-order valence-electron chi connectivity index (χ0n) is 12.1. The van der Waals surface area contributed by atoms with Crippen LogP contribution in [0.1, 0.15) is 64.1 Å². The first kappa shape index (κ1) is 13.6. The normalized spacial score (nSPS) is 20.2. The molecule has 0 bridgehead atoms. The van der Waals surface area contributed by atoms with Crippen molar-refractivity contribution in [3.05, 3.63) is 18.2 Å². The smallest absolute Gasteiger partial charge is 0.0947 e. The molecule has 0 aromatic carbocycles. The highest BCUT2D eigenvalue weighted by Crippen LogP contribution is 2.49. The Morgan fingerprint density at radius 3 is 2.61 bits per heavy atom. The minimum atomic E-state index is 0.434. The van der Waals surface area contributed by atoms with Crippen LogP contribution < -0.4 is 5.32 Å². The van der Waals surface area contributed by atoms with E-state index in [4.69, 9.17) is 0 Å².